The van der Waals surface area contributed by atoms with E-state index in [2.05, 4.69) is 4.90 Å². The average Bonchev–Trinajstić information content (AvgIpc) is 2.80. The molecule has 23 heavy (non-hydrogen) atoms. The summed E-state index contributed by atoms with van der Waals surface area (Å²) in [5.74, 6) is -0.179. The van der Waals surface area contributed by atoms with Crippen molar-refractivity contribution in [3.8, 4) is 0 Å². The van der Waals surface area contributed by atoms with Crippen molar-refractivity contribution >= 4 is 29.9 Å². The van der Waals surface area contributed by atoms with Gasteiger partial charge >= 0.3 is 0 Å². The number of halogens is 1. The number of fused-ring (bicyclic) bond motifs is 4. The van der Waals surface area contributed by atoms with Crippen LogP contribution in [-0.4, -0.2) is 42.4 Å². The van der Waals surface area contributed by atoms with Crippen LogP contribution in [0.1, 0.15) is 30.7 Å². The van der Waals surface area contributed by atoms with Crippen LogP contribution >= 0.6 is 12.4 Å². The molecule has 5 rings (SSSR count). The van der Waals surface area contributed by atoms with Crippen molar-refractivity contribution in [2.45, 2.75) is 31.2 Å². The van der Waals surface area contributed by atoms with Gasteiger partial charge in [0.2, 0.25) is 11.8 Å². The quantitative estimate of drug-likeness (QED) is 0.910. The van der Waals surface area contributed by atoms with E-state index in [9.17, 15) is 9.59 Å². The number of para-hydroxylation sites is 1. The fraction of sp³-hybridized carbons (Fsp3) is 0.529. The van der Waals surface area contributed by atoms with E-state index in [1.807, 2.05) is 29.2 Å². The van der Waals surface area contributed by atoms with Crippen LogP contribution in [0, 0.1) is 5.92 Å². The second-order valence-electron chi connectivity index (χ2n) is 6.70. The lowest BCUT2D eigenvalue weighted by atomic mass is 9.83. The van der Waals surface area contributed by atoms with Crippen molar-refractivity contribution in [2.75, 3.05) is 24.5 Å². The normalized spacial score (nSPS) is 31.7. The molecule has 2 atom stereocenters. The first kappa shape index (κ1) is 16.3. The summed E-state index contributed by atoms with van der Waals surface area (Å²) in [6.45, 7) is 3.25. The van der Waals surface area contributed by atoms with Gasteiger partial charge in [0.25, 0.3) is 0 Å². The number of amides is 2. The second-order valence-corrected chi connectivity index (χ2v) is 6.70. The van der Waals surface area contributed by atoms with E-state index >= 15 is 0 Å². The molecule has 4 aliphatic rings. The minimum absolute atomic E-state index is 0. The lowest BCUT2D eigenvalue weighted by Crippen LogP contribution is -2.58. The van der Waals surface area contributed by atoms with Gasteiger partial charge in [0.05, 0.1) is 12.0 Å². The Kier molecular flexibility index (Phi) is 4.34. The lowest BCUT2D eigenvalue weighted by Gasteiger charge is -2.48. The summed E-state index contributed by atoms with van der Waals surface area (Å²) < 4.78 is 0. The Labute approximate surface area is 142 Å². The van der Waals surface area contributed by atoms with Crippen LogP contribution in [0.5, 0.6) is 0 Å². The number of rotatable bonds is 3. The van der Waals surface area contributed by atoms with Gasteiger partial charge in [-0.3, -0.25) is 9.59 Å². The molecule has 0 aromatic heterocycles. The number of nitrogens with zero attached hydrogens (tertiary/aromatic N) is 2. The monoisotopic (exact) mass is 335 g/mol. The fourth-order valence-corrected chi connectivity index (χ4v) is 4.39. The molecule has 2 N–H and O–H groups in total. The molecule has 6 heteroatoms. The highest BCUT2D eigenvalue weighted by Crippen LogP contribution is 2.43. The largest absolute Gasteiger partial charge is 0.370 e. The van der Waals surface area contributed by atoms with Gasteiger partial charge in [-0.2, -0.15) is 0 Å². The van der Waals surface area contributed by atoms with E-state index in [0.717, 1.165) is 43.7 Å². The van der Waals surface area contributed by atoms with E-state index in [1.54, 1.807) is 0 Å². The van der Waals surface area contributed by atoms with E-state index in [4.69, 9.17) is 5.73 Å². The standard InChI is InChI=1S/C17H21N3O2.ClH/c18-16(21)9-13-12-3-1-2-4-14(12)20(17(13)22)15-10-19-7-5-11(15)6-8-19;/h1-4,11,13,15H,5-10H2,(H2,18,21);1H. The van der Waals surface area contributed by atoms with Gasteiger partial charge in [-0.15, -0.1) is 12.4 Å². The minimum atomic E-state index is -0.413. The van der Waals surface area contributed by atoms with E-state index in [-0.39, 0.29) is 30.8 Å². The Hall–Kier alpha value is -1.59. The highest BCUT2D eigenvalue weighted by atomic mass is 35.5. The number of piperidine rings is 3. The SMILES string of the molecule is Cl.NC(=O)CC1C(=O)N(C2CN3CCC2CC3)c2ccccc21. The molecule has 0 aliphatic carbocycles. The van der Waals surface area contributed by atoms with E-state index < -0.39 is 11.8 Å². The van der Waals surface area contributed by atoms with Gasteiger partial charge in [-0.1, -0.05) is 18.2 Å². The van der Waals surface area contributed by atoms with Crippen LogP contribution < -0.4 is 10.6 Å². The first-order valence-corrected chi connectivity index (χ1v) is 8.08. The predicted molar refractivity (Wildman–Crippen MR) is 90.7 cm³/mol. The van der Waals surface area contributed by atoms with Crippen molar-refractivity contribution in [3.63, 3.8) is 0 Å². The summed E-state index contributed by atoms with van der Waals surface area (Å²) in [6, 6.07) is 8.11. The molecule has 3 saturated heterocycles. The van der Waals surface area contributed by atoms with Crippen LogP contribution in [0.2, 0.25) is 0 Å². The third kappa shape index (κ3) is 2.62. The summed E-state index contributed by atoms with van der Waals surface area (Å²) in [4.78, 5) is 28.8. The fourth-order valence-electron chi connectivity index (χ4n) is 4.39. The molecular formula is C17H22ClN3O2. The third-order valence-corrected chi connectivity index (χ3v) is 5.47. The number of hydrogen-bond donors (Lipinski definition) is 1. The Morgan fingerprint density at radius 1 is 1.22 bits per heavy atom. The van der Waals surface area contributed by atoms with Crippen LogP contribution in [0.25, 0.3) is 0 Å². The summed E-state index contributed by atoms with van der Waals surface area (Å²) in [5.41, 5.74) is 7.30. The second kappa shape index (κ2) is 6.13. The predicted octanol–water partition coefficient (Wildman–Crippen LogP) is 1.51. The van der Waals surface area contributed by atoms with Gasteiger partial charge in [0.15, 0.2) is 0 Å². The summed E-state index contributed by atoms with van der Waals surface area (Å²) in [5, 5.41) is 0. The van der Waals surface area contributed by atoms with Crippen molar-refractivity contribution < 1.29 is 9.59 Å². The molecule has 2 amide bonds. The average molecular weight is 336 g/mol. The van der Waals surface area contributed by atoms with Gasteiger partial charge in [0.1, 0.15) is 0 Å². The molecule has 3 fully saturated rings. The molecule has 2 bridgehead atoms. The van der Waals surface area contributed by atoms with E-state index in [1.165, 1.54) is 0 Å². The molecule has 0 radical (unpaired) electrons. The first-order valence-electron chi connectivity index (χ1n) is 8.08. The number of carbonyl (C=O) groups is 2. The summed E-state index contributed by atoms with van der Waals surface area (Å²) in [6.07, 6.45) is 2.43. The van der Waals surface area contributed by atoms with Crippen molar-refractivity contribution in [3.05, 3.63) is 29.8 Å². The molecule has 5 nitrogen and oxygen atoms in total. The van der Waals surface area contributed by atoms with Crippen LogP contribution in [0.15, 0.2) is 24.3 Å². The number of carbonyl (C=O) groups excluding carboxylic acids is 2. The number of hydrogen-bond acceptors (Lipinski definition) is 3. The van der Waals surface area contributed by atoms with Crippen molar-refractivity contribution in [1.29, 1.82) is 0 Å². The molecule has 4 heterocycles. The third-order valence-electron chi connectivity index (χ3n) is 5.47. The molecule has 4 aliphatic heterocycles. The number of nitrogens with two attached hydrogens (primary N) is 1. The molecule has 0 saturated carbocycles. The Morgan fingerprint density at radius 3 is 2.52 bits per heavy atom. The zero-order valence-electron chi connectivity index (χ0n) is 13.0. The summed E-state index contributed by atoms with van der Waals surface area (Å²) in [7, 11) is 0. The van der Waals surface area contributed by atoms with Gasteiger partial charge in [0, 0.05) is 18.7 Å². The van der Waals surface area contributed by atoms with Gasteiger partial charge < -0.3 is 15.5 Å². The molecule has 2 unspecified atom stereocenters. The zero-order valence-corrected chi connectivity index (χ0v) is 13.8. The molecule has 124 valence electrons. The minimum Gasteiger partial charge on any atom is -0.370 e. The maximum absolute atomic E-state index is 13.0. The Bertz CT molecular complexity index is 628. The Morgan fingerprint density at radius 2 is 1.91 bits per heavy atom. The van der Waals surface area contributed by atoms with Gasteiger partial charge in [-0.05, 0) is 43.5 Å². The van der Waals surface area contributed by atoms with Crippen LogP contribution in [-0.2, 0) is 9.59 Å². The number of benzene rings is 1. The van der Waals surface area contributed by atoms with Crippen LogP contribution in [0.3, 0.4) is 0 Å². The number of anilines is 1. The molecular weight excluding hydrogens is 314 g/mol. The zero-order chi connectivity index (χ0) is 15.3. The van der Waals surface area contributed by atoms with Crippen molar-refractivity contribution in [1.82, 2.24) is 4.90 Å². The van der Waals surface area contributed by atoms with E-state index in [0.29, 0.717) is 5.92 Å². The molecule has 0 spiro atoms. The highest BCUT2D eigenvalue weighted by molar-refractivity contribution is 6.07. The van der Waals surface area contributed by atoms with Gasteiger partial charge in [-0.25, -0.2) is 0 Å². The number of primary amides is 1. The first-order chi connectivity index (χ1) is 10.6. The smallest absolute Gasteiger partial charge is 0.235 e. The Balaban J connectivity index is 0.00000156. The van der Waals surface area contributed by atoms with Crippen LogP contribution in [0.4, 0.5) is 5.69 Å². The molecule has 1 aromatic rings. The maximum Gasteiger partial charge on any atom is 0.235 e. The van der Waals surface area contributed by atoms with Crippen molar-refractivity contribution in [2.24, 2.45) is 11.7 Å². The lowest BCUT2D eigenvalue weighted by molar-refractivity contribution is -0.125. The topological polar surface area (TPSA) is 66.6 Å². The summed E-state index contributed by atoms with van der Waals surface area (Å²) >= 11 is 0. The maximum atomic E-state index is 13.0. The molecule has 1 aromatic carbocycles. The highest BCUT2D eigenvalue weighted by Gasteiger charge is 2.46.